The van der Waals surface area contributed by atoms with Crippen molar-refractivity contribution in [3.63, 3.8) is 0 Å². The van der Waals surface area contributed by atoms with Crippen LogP contribution in [0, 0.1) is 0 Å². The first-order chi connectivity index (χ1) is 9.50. The lowest BCUT2D eigenvalue weighted by molar-refractivity contribution is 0.0556. The van der Waals surface area contributed by atoms with Crippen LogP contribution in [0.15, 0.2) is 0 Å². The Labute approximate surface area is 120 Å². The van der Waals surface area contributed by atoms with Gasteiger partial charge in [-0.25, -0.2) is 0 Å². The van der Waals surface area contributed by atoms with Gasteiger partial charge in [0, 0.05) is 12.1 Å². The molecule has 1 amide bonds. The number of H-pyrrole nitrogens is 1. The van der Waals surface area contributed by atoms with Crippen LogP contribution < -0.4 is 11.1 Å². The summed E-state index contributed by atoms with van der Waals surface area (Å²) < 4.78 is 0. The molecule has 2 rings (SSSR count). The molecular formula is C14H25N5O. The lowest BCUT2D eigenvalue weighted by Crippen LogP contribution is -2.57. The van der Waals surface area contributed by atoms with Gasteiger partial charge < -0.3 is 16.0 Å². The number of amides is 1. The van der Waals surface area contributed by atoms with Crippen molar-refractivity contribution in [2.24, 2.45) is 0 Å². The van der Waals surface area contributed by atoms with Crippen molar-refractivity contribution in [3.8, 4) is 0 Å². The van der Waals surface area contributed by atoms with Gasteiger partial charge >= 0.3 is 0 Å². The van der Waals surface area contributed by atoms with Gasteiger partial charge in [-0.05, 0) is 39.8 Å². The Bertz CT molecular complexity index is 476. The topological polar surface area (TPSA) is 87.0 Å². The summed E-state index contributed by atoms with van der Waals surface area (Å²) >= 11 is 0. The Morgan fingerprint density at radius 2 is 2.20 bits per heavy atom. The maximum absolute atomic E-state index is 12.2. The molecule has 0 radical (unpaired) electrons. The molecule has 1 aliphatic carbocycles. The van der Waals surface area contributed by atoms with E-state index in [9.17, 15) is 4.79 Å². The van der Waals surface area contributed by atoms with Crippen LogP contribution in [0.5, 0.6) is 0 Å². The van der Waals surface area contributed by atoms with Gasteiger partial charge in [0.1, 0.15) is 0 Å². The first kappa shape index (κ1) is 14.8. The Morgan fingerprint density at radius 1 is 1.50 bits per heavy atom. The lowest BCUT2D eigenvalue weighted by atomic mass is 9.75. The van der Waals surface area contributed by atoms with Gasteiger partial charge in [0.05, 0.1) is 11.4 Å². The van der Waals surface area contributed by atoms with Crippen molar-refractivity contribution in [3.05, 3.63) is 11.4 Å². The summed E-state index contributed by atoms with van der Waals surface area (Å²) in [6, 6.07) is 0. The minimum absolute atomic E-state index is 0.104. The number of aryl methyl sites for hydroxylation is 1. The van der Waals surface area contributed by atoms with Gasteiger partial charge in [0.15, 0.2) is 5.69 Å². The summed E-state index contributed by atoms with van der Waals surface area (Å²) in [6.45, 7) is 2.71. The van der Waals surface area contributed by atoms with Gasteiger partial charge in [-0.3, -0.25) is 9.89 Å². The van der Waals surface area contributed by atoms with Gasteiger partial charge in [-0.2, -0.15) is 5.10 Å². The van der Waals surface area contributed by atoms with E-state index < -0.39 is 0 Å². The van der Waals surface area contributed by atoms with Crippen LogP contribution >= 0.6 is 0 Å². The van der Waals surface area contributed by atoms with E-state index in [1.807, 2.05) is 0 Å². The lowest BCUT2D eigenvalue weighted by Gasteiger charge is -2.47. The van der Waals surface area contributed by atoms with Gasteiger partial charge in [0.2, 0.25) is 0 Å². The van der Waals surface area contributed by atoms with Crippen molar-refractivity contribution >= 4 is 11.6 Å². The standard InChI is InChI=1S/C14H25N5O/c1-4-6-10-11(15)12(18-17-10)13(20)16-9-14(19(2)3)7-5-8-14/h4-9,15H2,1-3H3,(H,16,20)(H,17,18). The molecule has 6 heteroatoms. The summed E-state index contributed by atoms with van der Waals surface area (Å²) in [6.07, 6.45) is 5.25. The number of rotatable bonds is 6. The third-order valence-corrected chi connectivity index (χ3v) is 4.41. The second-order valence-electron chi connectivity index (χ2n) is 5.87. The number of hydrogen-bond acceptors (Lipinski definition) is 4. The van der Waals surface area contributed by atoms with E-state index in [0.29, 0.717) is 17.9 Å². The van der Waals surface area contributed by atoms with Crippen molar-refractivity contribution in [1.82, 2.24) is 20.4 Å². The van der Waals surface area contributed by atoms with E-state index in [2.05, 4.69) is 41.4 Å². The highest BCUT2D eigenvalue weighted by Crippen LogP contribution is 2.35. The average molecular weight is 279 g/mol. The molecule has 20 heavy (non-hydrogen) atoms. The van der Waals surface area contributed by atoms with Gasteiger partial charge in [-0.1, -0.05) is 13.3 Å². The Balaban J connectivity index is 1.98. The van der Waals surface area contributed by atoms with E-state index in [4.69, 9.17) is 5.73 Å². The van der Waals surface area contributed by atoms with Crippen molar-refractivity contribution in [2.75, 3.05) is 26.4 Å². The zero-order chi connectivity index (χ0) is 14.8. The number of likely N-dealkylation sites (N-methyl/N-ethyl adjacent to an activating group) is 1. The monoisotopic (exact) mass is 279 g/mol. The van der Waals surface area contributed by atoms with E-state index in [1.165, 1.54) is 6.42 Å². The Morgan fingerprint density at radius 3 is 2.70 bits per heavy atom. The van der Waals surface area contributed by atoms with Crippen LogP contribution in [0.25, 0.3) is 0 Å². The molecule has 1 aromatic rings. The third kappa shape index (κ3) is 2.65. The molecule has 0 aromatic carbocycles. The second-order valence-corrected chi connectivity index (χ2v) is 5.87. The number of nitrogens with one attached hydrogen (secondary N) is 2. The minimum atomic E-state index is -0.186. The first-order valence-corrected chi connectivity index (χ1v) is 7.28. The second kappa shape index (κ2) is 5.83. The molecule has 1 aliphatic rings. The summed E-state index contributed by atoms with van der Waals surface area (Å²) in [5.74, 6) is -0.186. The molecule has 112 valence electrons. The molecule has 1 fully saturated rings. The molecule has 0 atom stereocenters. The average Bonchev–Trinajstić information content (AvgIpc) is 2.70. The predicted molar refractivity (Wildman–Crippen MR) is 79.6 cm³/mol. The number of anilines is 1. The highest BCUT2D eigenvalue weighted by molar-refractivity contribution is 5.97. The molecule has 6 nitrogen and oxygen atoms in total. The van der Waals surface area contributed by atoms with E-state index >= 15 is 0 Å². The van der Waals surface area contributed by atoms with Crippen molar-refractivity contribution in [1.29, 1.82) is 0 Å². The minimum Gasteiger partial charge on any atom is -0.395 e. The normalized spacial score (nSPS) is 17.0. The molecule has 1 aromatic heterocycles. The zero-order valence-corrected chi connectivity index (χ0v) is 12.6. The highest BCUT2D eigenvalue weighted by Gasteiger charge is 2.39. The number of aromatic nitrogens is 2. The molecular weight excluding hydrogens is 254 g/mol. The maximum Gasteiger partial charge on any atom is 0.274 e. The molecule has 0 saturated heterocycles. The van der Waals surface area contributed by atoms with E-state index in [-0.39, 0.29) is 11.4 Å². The van der Waals surface area contributed by atoms with E-state index in [0.717, 1.165) is 31.4 Å². The number of nitrogens with zero attached hydrogens (tertiary/aromatic N) is 2. The Kier molecular flexibility index (Phi) is 4.32. The van der Waals surface area contributed by atoms with Crippen LogP contribution in [0.2, 0.25) is 0 Å². The number of nitrogen functional groups attached to an aromatic ring is 1. The van der Waals surface area contributed by atoms with Crippen LogP contribution in [0.4, 0.5) is 5.69 Å². The number of aromatic amines is 1. The summed E-state index contributed by atoms with van der Waals surface area (Å²) in [4.78, 5) is 14.4. The maximum atomic E-state index is 12.2. The van der Waals surface area contributed by atoms with Crippen molar-refractivity contribution < 1.29 is 4.79 Å². The first-order valence-electron chi connectivity index (χ1n) is 7.28. The molecule has 0 spiro atoms. The molecule has 0 aliphatic heterocycles. The number of hydrogen-bond donors (Lipinski definition) is 3. The Hall–Kier alpha value is -1.56. The van der Waals surface area contributed by atoms with Gasteiger partial charge in [-0.15, -0.1) is 0 Å². The summed E-state index contributed by atoms with van der Waals surface area (Å²) in [7, 11) is 4.13. The predicted octanol–water partition coefficient (Wildman–Crippen LogP) is 1.16. The van der Waals surface area contributed by atoms with E-state index in [1.54, 1.807) is 0 Å². The fraction of sp³-hybridized carbons (Fsp3) is 0.714. The number of carbonyl (C=O) groups excluding carboxylic acids is 1. The molecule has 0 bridgehead atoms. The van der Waals surface area contributed by atoms with Crippen LogP contribution in [0.1, 0.15) is 48.8 Å². The summed E-state index contributed by atoms with van der Waals surface area (Å²) in [5.41, 5.74) is 7.73. The molecule has 4 N–H and O–H groups in total. The van der Waals surface area contributed by atoms with Crippen molar-refractivity contribution in [2.45, 2.75) is 44.6 Å². The smallest absolute Gasteiger partial charge is 0.274 e. The fourth-order valence-electron chi connectivity index (χ4n) is 2.70. The summed E-state index contributed by atoms with van der Waals surface area (Å²) in [5, 5.41) is 9.88. The zero-order valence-electron chi connectivity index (χ0n) is 12.6. The third-order valence-electron chi connectivity index (χ3n) is 4.41. The molecule has 1 heterocycles. The SMILES string of the molecule is CCCc1[nH]nc(C(=O)NCC2(N(C)C)CCC2)c1N. The van der Waals surface area contributed by atoms with Crippen LogP contribution in [0.3, 0.4) is 0 Å². The largest absolute Gasteiger partial charge is 0.395 e. The molecule has 1 saturated carbocycles. The highest BCUT2D eigenvalue weighted by atomic mass is 16.2. The quantitative estimate of drug-likeness (QED) is 0.729. The van der Waals surface area contributed by atoms with Crippen LogP contribution in [-0.2, 0) is 6.42 Å². The number of nitrogens with two attached hydrogens (primary N) is 1. The fourth-order valence-corrected chi connectivity index (χ4v) is 2.70. The molecule has 0 unspecified atom stereocenters. The van der Waals surface area contributed by atoms with Gasteiger partial charge in [0.25, 0.3) is 5.91 Å². The number of carbonyl (C=O) groups is 1. The van der Waals surface area contributed by atoms with Crippen LogP contribution in [-0.4, -0.2) is 47.2 Å².